The molecule has 126 valence electrons. The molecule has 8 heteroatoms. The van der Waals surface area contributed by atoms with E-state index in [1.54, 1.807) is 10.4 Å². The normalized spacial score (nSPS) is 20.2. The van der Waals surface area contributed by atoms with Crippen LogP contribution in [0.4, 0.5) is 0 Å². The van der Waals surface area contributed by atoms with Crippen molar-refractivity contribution < 1.29 is 12.9 Å². The molecule has 0 bridgehead atoms. The Bertz CT molecular complexity index is 785. The van der Waals surface area contributed by atoms with E-state index < -0.39 is 10.0 Å². The molecule has 0 radical (unpaired) electrons. The molecule has 1 fully saturated rings. The first-order valence-electron chi connectivity index (χ1n) is 7.95. The number of rotatable bonds is 5. The quantitative estimate of drug-likeness (QED) is 0.887. The highest BCUT2D eigenvalue weighted by Crippen LogP contribution is 2.26. The summed E-state index contributed by atoms with van der Waals surface area (Å²) in [5.41, 5.74) is 1.11. The van der Waals surface area contributed by atoms with Crippen LogP contribution in [-0.2, 0) is 16.4 Å². The fourth-order valence-corrected chi connectivity index (χ4v) is 4.63. The van der Waals surface area contributed by atoms with Gasteiger partial charge in [-0.3, -0.25) is 0 Å². The first kappa shape index (κ1) is 16.4. The maximum Gasteiger partial charge on any atom is 0.258 e. The molecular weight excluding hydrogens is 316 g/mol. The van der Waals surface area contributed by atoms with Crippen LogP contribution >= 0.6 is 0 Å². The van der Waals surface area contributed by atoms with Gasteiger partial charge in [-0.2, -0.15) is 4.31 Å². The van der Waals surface area contributed by atoms with Crippen molar-refractivity contribution in [1.29, 1.82) is 0 Å². The van der Waals surface area contributed by atoms with E-state index >= 15 is 0 Å². The maximum absolute atomic E-state index is 12.9. The van der Waals surface area contributed by atoms with E-state index in [2.05, 4.69) is 15.5 Å². The van der Waals surface area contributed by atoms with E-state index in [4.69, 9.17) is 4.52 Å². The van der Waals surface area contributed by atoms with Crippen LogP contribution in [-0.4, -0.2) is 49.5 Å². The summed E-state index contributed by atoms with van der Waals surface area (Å²) >= 11 is 0. The van der Waals surface area contributed by atoms with Crippen LogP contribution in [0.2, 0.25) is 0 Å². The minimum atomic E-state index is -3.53. The van der Waals surface area contributed by atoms with Crippen molar-refractivity contribution in [3.05, 3.63) is 18.0 Å². The zero-order chi connectivity index (χ0) is 16.4. The molecule has 1 aliphatic heterocycles. The van der Waals surface area contributed by atoms with Gasteiger partial charge < -0.3 is 9.84 Å². The van der Waals surface area contributed by atoms with E-state index in [0.29, 0.717) is 36.5 Å². The summed E-state index contributed by atoms with van der Waals surface area (Å²) in [5, 5.41) is 7.74. The number of piperidine rings is 1. The summed E-state index contributed by atoms with van der Waals surface area (Å²) in [6, 6.07) is 1.63. The van der Waals surface area contributed by atoms with Crippen molar-refractivity contribution in [2.75, 3.05) is 26.7 Å². The smallest absolute Gasteiger partial charge is 0.258 e. The number of sulfonamides is 1. The monoisotopic (exact) mass is 338 g/mol. The zero-order valence-corrected chi connectivity index (χ0v) is 14.3. The van der Waals surface area contributed by atoms with Crippen LogP contribution in [0.5, 0.6) is 0 Å². The number of pyridine rings is 1. The molecule has 0 saturated carbocycles. The minimum absolute atomic E-state index is 0.216. The van der Waals surface area contributed by atoms with Crippen LogP contribution in [0, 0.1) is 5.92 Å². The van der Waals surface area contributed by atoms with Crippen molar-refractivity contribution >= 4 is 21.1 Å². The van der Waals surface area contributed by atoms with Crippen LogP contribution in [0.25, 0.3) is 11.1 Å². The van der Waals surface area contributed by atoms with Gasteiger partial charge >= 0.3 is 0 Å². The first-order chi connectivity index (χ1) is 11.1. The van der Waals surface area contributed by atoms with Crippen LogP contribution in [0.1, 0.15) is 25.5 Å². The number of hydrogen-bond donors (Lipinski definition) is 1. The predicted octanol–water partition coefficient (Wildman–Crippen LogP) is 1.41. The molecule has 0 spiro atoms. The lowest BCUT2D eigenvalue weighted by molar-refractivity contribution is 0.263. The molecular formula is C15H22N4O3S. The first-order valence-corrected chi connectivity index (χ1v) is 9.39. The second kappa shape index (κ2) is 6.54. The van der Waals surface area contributed by atoms with Gasteiger partial charge in [0.15, 0.2) is 0 Å². The molecule has 3 heterocycles. The second-order valence-electron chi connectivity index (χ2n) is 5.94. The summed E-state index contributed by atoms with van der Waals surface area (Å²) in [7, 11) is -1.64. The Hall–Kier alpha value is -1.51. The van der Waals surface area contributed by atoms with Gasteiger partial charge in [-0.05, 0) is 44.8 Å². The number of aromatic nitrogens is 2. The average molecular weight is 338 g/mol. The molecule has 2 aromatic rings. The van der Waals surface area contributed by atoms with Crippen molar-refractivity contribution in [3.8, 4) is 0 Å². The Morgan fingerprint density at radius 3 is 3.04 bits per heavy atom. The van der Waals surface area contributed by atoms with Crippen LogP contribution < -0.4 is 5.32 Å². The second-order valence-corrected chi connectivity index (χ2v) is 7.87. The van der Waals surface area contributed by atoms with E-state index in [-0.39, 0.29) is 4.90 Å². The Balaban J connectivity index is 1.92. The molecule has 1 saturated heterocycles. The van der Waals surface area contributed by atoms with Gasteiger partial charge in [0.1, 0.15) is 4.90 Å². The predicted molar refractivity (Wildman–Crippen MR) is 86.6 cm³/mol. The molecule has 1 atom stereocenters. The van der Waals surface area contributed by atoms with Crippen molar-refractivity contribution in [2.45, 2.75) is 31.1 Å². The third-order valence-electron chi connectivity index (χ3n) is 4.33. The molecule has 0 aromatic carbocycles. The van der Waals surface area contributed by atoms with Crippen molar-refractivity contribution in [3.63, 3.8) is 0 Å². The lowest BCUT2D eigenvalue weighted by Crippen LogP contribution is -2.42. The molecule has 0 aliphatic carbocycles. The molecule has 23 heavy (non-hydrogen) atoms. The van der Waals surface area contributed by atoms with Gasteiger partial charge in [0.2, 0.25) is 10.0 Å². The SMILES string of the molecule is CCc1noc2ncc(S(=O)(=O)N3CCCC(CNC)C3)cc12. The highest BCUT2D eigenvalue weighted by molar-refractivity contribution is 7.89. The van der Waals surface area contributed by atoms with Gasteiger partial charge in [0.25, 0.3) is 5.71 Å². The lowest BCUT2D eigenvalue weighted by atomic mass is 10.00. The summed E-state index contributed by atoms with van der Waals surface area (Å²) in [5.74, 6) is 0.349. The van der Waals surface area contributed by atoms with E-state index in [1.807, 2.05) is 14.0 Å². The van der Waals surface area contributed by atoms with Gasteiger partial charge in [-0.1, -0.05) is 12.1 Å². The van der Waals surface area contributed by atoms with Crippen LogP contribution in [0.3, 0.4) is 0 Å². The number of hydrogen-bond acceptors (Lipinski definition) is 6. The Kier molecular flexibility index (Phi) is 4.65. The van der Waals surface area contributed by atoms with Gasteiger partial charge in [-0.15, -0.1) is 0 Å². The molecule has 1 unspecified atom stereocenters. The van der Waals surface area contributed by atoms with Crippen molar-refractivity contribution in [2.24, 2.45) is 5.92 Å². The lowest BCUT2D eigenvalue weighted by Gasteiger charge is -2.31. The van der Waals surface area contributed by atoms with Crippen LogP contribution in [0.15, 0.2) is 21.7 Å². The highest BCUT2D eigenvalue weighted by atomic mass is 32.2. The summed E-state index contributed by atoms with van der Waals surface area (Å²) in [6.45, 7) is 3.89. The van der Waals surface area contributed by atoms with Gasteiger partial charge in [-0.25, -0.2) is 13.4 Å². The summed E-state index contributed by atoms with van der Waals surface area (Å²) < 4.78 is 32.5. The summed E-state index contributed by atoms with van der Waals surface area (Å²) in [6.07, 6.45) is 3.97. The fourth-order valence-electron chi connectivity index (χ4n) is 3.11. The molecule has 2 aromatic heterocycles. The fraction of sp³-hybridized carbons (Fsp3) is 0.600. The number of aryl methyl sites for hydroxylation is 1. The number of nitrogens with zero attached hydrogens (tertiary/aromatic N) is 3. The topological polar surface area (TPSA) is 88.3 Å². The standard InChI is InChI=1S/C15H22N4O3S/c1-3-14-13-7-12(9-17-15(13)22-18-14)23(20,21)19-6-4-5-11(10-19)8-16-2/h7,9,11,16H,3-6,8,10H2,1-2H3. The molecule has 1 N–H and O–H groups in total. The number of fused-ring (bicyclic) bond motifs is 1. The third kappa shape index (κ3) is 3.11. The minimum Gasteiger partial charge on any atom is -0.336 e. The Morgan fingerprint density at radius 1 is 1.48 bits per heavy atom. The van der Waals surface area contributed by atoms with E-state index in [9.17, 15) is 8.42 Å². The third-order valence-corrected chi connectivity index (χ3v) is 6.16. The largest absolute Gasteiger partial charge is 0.336 e. The molecule has 7 nitrogen and oxygen atoms in total. The summed E-state index contributed by atoms with van der Waals surface area (Å²) in [4.78, 5) is 4.33. The van der Waals surface area contributed by atoms with Gasteiger partial charge in [0.05, 0.1) is 17.3 Å². The number of nitrogens with one attached hydrogen (secondary N) is 1. The molecule has 0 amide bonds. The Morgan fingerprint density at radius 2 is 2.30 bits per heavy atom. The molecule has 3 rings (SSSR count). The Labute approximate surface area is 136 Å². The maximum atomic E-state index is 12.9. The highest BCUT2D eigenvalue weighted by Gasteiger charge is 2.30. The van der Waals surface area contributed by atoms with E-state index in [0.717, 1.165) is 25.1 Å². The van der Waals surface area contributed by atoms with Gasteiger partial charge in [0, 0.05) is 13.1 Å². The average Bonchev–Trinajstić information content (AvgIpc) is 2.97. The molecule has 1 aliphatic rings. The van der Waals surface area contributed by atoms with Crippen molar-refractivity contribution in [1.82, 2.24) is 19.8 Å². The van der Waals surface area contributed by atoms with E-state index in [1.165, 1.54) is 6.20 Å². The zero-order valence-electron chi connectivity index (χ0n) is 13.4.